The summed E-state index contributed by atoms with van der Waals surface area (Å²) in [4.78, 5) is 36.2. The van der Waals surface area contributed by atoms with E-state index in [-0.39, 0.29) is 30.2 Å². The summed E-state index contributed by atoms with van der Waals surface area (Å²) < 4.78 is 5.09. The third-order valence-electron chi connectivity index (χ3n) is 2.02. The molecule has 19 heavy (non-hydrogen) atoms. The summed E-state index contributed by atoms with van der Waals surface area (Å²) in [6, 6.07) is 0. The molecule has 7 heteroatoms. The van der Waals surface area contributed by atoms with Gasteiger partial charge in [-0.25, -0.2) is 0 Å². The minimum atomic E-state index is -0.538. The molecule has 0 aliphatic heterocycles. The molecule has 106 valence electrons. The van der Waals surface area contributed by atoms with Crippen molar-refractivity contribution >= 4 is 23.2 Å². The number of nitrogens with one attached hydrogen (secondary N) is 2. The Bertz CT molecular complexity index is 498. The fourth-order valence-corrected chi connectivity index (χ4v) is 1.87. The number of aromatic nitrogens is 1. The van der Waals surface area contributed by atoms with Gasteiger partial charge in [0.15, 0.2) is 0 Å². The summed E-state index contributed by atoms with van der Waals surface area (Å²) in [5.41, 5.74) is 0.115. The van der Waals surface area contributed by atoms with Crippen LogP contribution in [0, 0.1) is 0 Å². The van der Waals surface area contributed by atoms with Gasteiger partial charge in [-0.2, -0.15) is 0 Å². The summed E-state index contributed by atoms with van der Waals surface area (Å²) in [5.74, 6) is -0.649. The van der Waals surface area contributed by atoms with Gasteiger partial charge in [-0.3, -0.25) is 14.4 Å². The van der Waals surface area contributed by atoms with Gasteiger partial charge in [-0.05, 0) is 20.8 Å². The maximum Gasteiger partial charge on any atom is 0.306 e. The number of hydrogen-bond donors (Lipinski definition) is 2. The Morgan fingerprint density at radius 1 is 1.37 bits per heavy atom. The maximum atomic E-state index is 11.5. The maximum absolute atomic E-state index is 11.5. The molecule has 0 unspecified atom stereocenters. The third-order valence-corrected chi connectivity index (χ3v) is 2.74. The fourth-order valence-electron chi connectivity index (χ4n) is 1.29. The smallest absolute Gasteiger partial charge is 0.306 e. The highest BCUT2D eigenvalue weighted by molar-refractivity contribution is 7.07. The number of rotatable bonds is 5. The zero-order chi connectivity index (χ0) is 14.5. The van der Waals surface area contributed by atoms with Crippen molar-refractivity contribution in [3.63, 3.8) is 0 Å². The molecular weight excluding hydrogens is 268 g/mol. The highest BCUT2D eigenvalue weighted by Gasteiger charge is 2.16. The van der Waals surface area contributed by atoms with E-state index in [0.717, 1.165) is 11.3 Å². The van der Waals surface area contributed by atoms with E-state index >= 15 is 0 Å². The first-order valence-corrected chi connectivity index (χ1v) is 6.79. The van der Waals surface area contributed by atoms with E-state index in [1.807, 2.05) is 0 Å². The van der Waals surface area contributed by atoms with Crippen molar-refractivity contribution in [1.29, 1.82) is 0 Å². The van der Waals surface area contributed by atoms with Crippen molar-refractivity contribution in [3.8, 4) is 0 Å². The van der Waals surface area contributed by atoms with Crippen LogP contribution in [-0.4, -0.2) is 22.5 Å². The molecule has 0 spiro atoms. The van der Waals surface area contributed by atoms with E-state index < -0.39 is 11.6 Å². The standard InChI is InChI=1S/C12H18N2O4S/c1-12(2,3)18-10(16)5-4-9(15)13-6-8-7-19-11(17)14-8/h7H,4-6H2,1-3H3,(H,13,15)(H,14,17). The molecule has 1 aromatic heterocycles. The van der Waals surface area contributed by atoms with Crippen LogP contribution in [0.15, 0.2) is 10.2 Å². The number of hydrogen-bond acceptors (Lipinski definition) is 5. The summed E-state index contributed by atoms with van der Waals surface area (Å²) in [5, 5.41) is 4.27. The second kappa shape index (κ2) is 6.51. The second-order valence-corrected chi connectivity index (χ2v) is 5.88. The van der Waals surface area contributed by atoms with Gasteiger partial charge in [-0.1, -0.05) is 11.3 Å². The lowest BCUT2D eigenvalue weighted by molar-refractivity contribution is -0.155. The average molecular weight is 286 g/mol. The molecule has 0 aromatic carbocycles. The molecule has 2 N–H and O–H groups in total. The van der Waals surface area contributed by atoms with Crippen LogP contribution >= 0.6 is 11.3 Å². The number of aromatic amines is 1. The summed E-state index contributed by atoms with van der Waals surface area (Å²) in [7, 11) is 0. The molecular formula is C12H18N2O4S. The van der Waals surface area contributed by atoms with Crippen molar-refractivity contribution < 1.29 is 14.3 Å². The lowest BCUT2D eigenvalue weighted by Crippen LogP contribution is -2.27. The van der Waals surface area contributed by atoms with Crippen LogP contribution in [-0.2, 0) is 20.9 Å². The first-order valence-electron chi connectivity index (χ1n) is 5.91. The van der Waals surface area contributed by atoms with Gasteiger partial charge in [0.05, 0.1) is 13.0 Å². The molecule has 0 bridgehead atoms. The number of H-pyrrole nitrogens is 1. The normalized spacial score (nSPS) is 11.1. The highest BCUT2D eigenvalue weighted by Crippen LogP contribution is 2.09. The molecule has 1 rings (SSSR count). The van der Waals surface area contributed by atoms with E-state index in [1.54, 1.807) is 26.2 Å². The van der Waals surface area contributed by atoms with Gasteiger partial charge in [0.25, 0.3) is 0 Å². The van der Waals surface area contributed by atoms with Crippen molar-refractivity contribution in [1.82, 2.24) is 10.3 Å². The highest BCUT2D eigenvalue weighted by atomic mass is 32.1. The van der Waals surface area contributed by atoms with E-state index in [4.69, 9.17) is 4.74 Å². The Morgan fingerprint density at radius 3 is 2.58 bits per heavy atom. The van der Waals surface area contributed by atoms with Crippen LogP contribution in [0.2, 0.25) is 0 Å². The zero-order valence-corrected chi connectivity index (χ0v) is 12.1. The first-order chi connectivity index (χ1) is 8.76. The van der Waals surface area contributed by atoms with Gasteiger partial charge in [-0.15, -0.1) is 0 Å². The Kier molecular flexibility index (Phi) is 5.29. The van der Waals surface area contributed by atoms with E-state index in [1.165, 1.54) is 0 Å². The Hall–Kier alpha value is -1.63. The molecule has 1 aromatic rings. The number of carbonyl (C=O) groups excluding carboxylic acids is 2. The van der Waals surface area contributed by atoms with Gasteiger partial charge < -0.3 is 15.0 Å². The van der Waals surface area contributed by atoms with Crippen molar-refractivity contribution in [2.24, 2.45) is 0 Å². The molecule has 0 aliphatic rings. The lowest BCUT2D eigenvalue weighted by atomic mass is 10.2. The monoisotopic (exact) mass is 286 g/mol. The number of ether oxygens (including phenoxy) is 1. The van der Waals surface area contributed by atoms with E-state index in [9.17, 15) is 14.4 Å². The van der Waals surface area contributed by atoms with Crippen LogP contribution < -0.4 is 10.2 Å². The van der Waals surface area contributed by atoms with E-state index in [0.29, 0.717) is 5.69 Å². The molecule has 0 aliphatic carbocycles. The second-order valence-electron chi connectivity index (χ2n) is 5.04. The number of esters is 1. The van der Waals surface area contributed by atoms with Crippen molar-refractivity contribution in [3.05, 3.63) is 20.7 Å². The molecule has 1 amide bonds. The molecule has 0 radical (unpaired) electrons. The predicted octanol–water partition coefficient (Wildman–Crippen LogP) is 1.17. The fraction of sp³-hybridized carbons (Fsp3) is 0.583. The zero-order valence-electron chi connectivity index (χ0n) is 11.2. The van der Waals surface area contributed by atoms with Gasteiger partial charge in [0.1, 0.15) is 5.60 Å². The average Bonchev–Trinajstić information content (AvgIpc) is 2.67. The topological polar surface area (TPSA) is 88.3 Å². The van der Waals surface area contributed by atoms with Crippen LogP contribution in [0.4, 0.5) is 0 Å². The molecule has 1 heterocycles. The molecule has 0 atom stereocenters. The minimum absolute atomic E-state index is 0.0449. The number of amides is 1. The quantitative estimate of drug-likeness (QED) is 0.795. The lowest BCUT2D eigenvalue weighted by Gasteiger charge is -2.19. The number of carbonyl (C=O) groups is 2. The summed E-state index contributed by atoms with van der Waals surface area (Å²) in [6.45, 7) is 5.58. The largest absolute Gasteiger partial charge is 0.460 e. The predicted molar refractivity (Wildman–Crippen MR) is 71.9 cm³/mol. The van der Waals surface area contributed by atoms with Crippen LogP contribution in [0.1, 0.15) is 39.3 Å². The van der Waals surface area contributed by atoms with Crippen molar-refractivity contribution in [2.75, 3.05) is 0 Å². The Labute approximate surface area is 115 Å². The van der Waals surface area contributed by atoms with Gasteiger partial charge in [0.2, 0.25) is 5.91 Å². The SMILES string of the molecule is CC(C)(C)OC(=O)CCC(=O)NCc1csc(=O)[nH]1. The van der Waals surface area contributed by atoms with Gasteiger partial charge in [0, 0.05) is 17.5 Å². The molecule has 0 fully saturated rings. The summed E-state index contributed by atoms with van der Waals surface area (Å²) in [6.07, 6.45) is 0.118. The van der Waals surface area contributed by atoms with Crippen LogP contribution in [0.25, 0.3) is 0 Å². The van der Waals surface area contributed by atoms with Crippen LogP contribution in [0.5, 0.6) is 0 Å². The summed E-state index contributed by atoms with van der Waals surface area (Å²) >= 11 is 1.04. The van der Waals surface area contributed by atoms with Gasteiger partial charge >= 0.3 is 10.8 Å². The third kappa shape index (κ3) is 6.76. The molecule has 6 nitrogen and oxygen atoms in total. The molecule has 0 saturated heterocycles. The van der Waals surface area contributed by atoms with Crippen molar-refractivity contribution in [2.45, 2.75) is 45.8 Å². The minimum Gasteiger partial charge on any atom is -0.460 e. The molecule has 0 saturated carbocycles. The van der Waals surface area contributed by atoms with Crippen LogP contribution in [0.3, 0.4) is 0 Å². The first kappa shape index (κ1) is 15.4. The Balaban J connectivity index is 2.25. The van der Waals surface area contributed by atoms with E-state index in [2.05, 4.69) is 10.3 Å². The number of thiazole rings is 1. The Morgan fingerprint density at radius 2 is 2.05 bits per heavy atom.